The largest absolute Gasteiger partial charge is 0.497 e. The molecule has 27 heavy (non-hydrogen) atoms. The van der Waals surface area contributed by atoms with Crippen molar-refractivity contribution in [2.24, 2.45) is 0 Å². The third-order valence-electron chi connectivity index (χ3n) is 4.89. The van der Waals surface area contributed by atoms with Crippen LogP contribution in [0.2, 0.25) is 0 Å². The van der Waals surface area contributed by atoms with Crippen molar-refractivity contribution in [2.45, 2.75) is 19.9 Å². The highest BCUT2D eigenvalue weighted by Crippen LogP contribution is 2.25. The van der Waals surface area contributed by atoms with E-state index in [1.807, 2.05) is 43.0 Å². The van der Waals surface area contributed by atoms with Crippen molar-refractivity contribution in [3.8, 4) is 5.75 Å². The Morgan fingerprint density at radius 3 is 2.37 bits per heavy atom. The molecule has 2 aliphatic heterocycles. The maximum absolute atomic E-state index is 13.0. The normalized spacial score (nSPS) is 19.8. The minimum absolute atomic E-state index is 0.0600. The molecule has 3 rings (SSSR count). The van der Waals surface area contributed by atoms with Gasteiger partial charge in [-0.05, 0) is 38.1 Å². The summed E-state index contributed by atoms with van der Waals surface area (Å²) in [7, 11) is 1.66. The van der Waals surface area contributed by atoms with Crippen molar-refractivity contribution < 1.29 is 14.3 Å². The quantitative estimate of drug-likeness (QED) is 0.739. The smallest absolute Gasteiger partial charge is 0.247 e. The Morgan fingerprint density at radius 2 is 1.78 bits per heavy atom. The number of hydrogen-bond donors (Lipinski definition) is 0. The van der Waals surface area contributed by atoms with Crippen molar-refractivity contribution in [3.05, 3.63) is 35.9 Å². The lowest BCUT2D eigenvalue weighted by Gasteiger charge is -2.38. The number of nitrogens with zero attached hydrogens (tertiary/aromatic N) is 3. The van der Waals surface area contributed by atoms with Gasteiger partial charge in [0.05, 0.1) is 13.0 Å². The number of amides is 2. The number of thioether (sulfide) groups is 1. The van der Waals surface area contributed by atoms with E-state index in [0.29, 0.717) is 24.7 Å². The van der Waals surface area contributed by atoms with Gasteiger partial charge >= 0.3 is 0 Å². The zero-order valence-electron chi connectivity index (χ0n) is 16.2. The minimum atomic E-state index is -0.342. The second-order valence-electron chi connectivity index (χ2n) is 7.06. The van der Waals surface area contributed by atoms with Crippen LogP contribution >= 0.6 is 11.8 Å². The number of benzene rings is 1. The Hall–Kier alpha value is -2.15. The predicted molar refractivity (Wildman–Crippen MR) is 109 cm³/mol. The molecule has 2 fully saturated rings. The summed E-state index contributed by atoms with van der Waals surface area (Å²) < 4.78 is 5.21. The van der Waals surface area contributed by atoms with Crippen LogP contribution in [-0.4, -0.2) is 72.6 Å². The van der Waals surface area contributed by atoms with Gasteiger partial charge in [0, 0.05) is 43.7 Å². The Bertz CT molecular complexity index is 708. The fourth-order valence-electron chi connectivity index (χ4n) is 3.38. The highest BCUT2D eigenvalue weighted by molar-refractivity contribution is 7.99. The molecule has 2 amide bonds. The van der Waals surface area contributed by atoms with E-state index in [2.05, 4.69) is 4.90 Å². The number of anilines is 1. The first kappa shape index (κ1) is 19.6. The van der Waals surface area contributed by atoms with Crippen molar-refractivity contribution in [1.29, 1.82) is 0 Å². The van der Waals surface area contributed by atoms with Crippen LogP contribution in [0.5, 0.6) is 5.75 Å². The first-order valence-electron chi connectivity index (χ1n) is 9.20. The summed E-state index contributed by atoms with van der Waals surface area (Å²) >= 11 is 1.64. The van der Waals surface area contributed by atoms with Crippen LogP contribution in [0.3, 0.4) is 0 Å². The van der Waals surface area contributed by atoms with E-state index in [1.54, 1.807) is 29.8 Å². The maximum Gasteiger partial charge on any atom is 0.247 e. The maximum atomic E-state index is 13.0. The lowest BCUT2D eigenvalue weighted by Crippen LogP contribution is -2.55. The number of hydrogen-bond acceptors (Lipinski definition) is 5. The van der Waals surface area contributed by atoms with Gasteiger partial charge in [-0.25, -0.2) is 0 Å². The molecule has 1 unspecified atom stereocenters. The van der Waals surface area contributed by atoms with Crippen molar-refractivity contribution in [2.75, 3.05) is 49.8 Å². The molecule has 0 radical (unpaired) electrons. The van der Waals surface area contributed by atoms with E-state index in [4.69, 9.17) is 4.74 Å². The topological polar surface area (TPSA) is 53.1 Å². The van der Waals surface area contributed by atoms with Crippen LogP contribution < -0.4 is 9.64 Å². The standard InChI is InChI=1S/C20H27N3O3S/c1-15(2)12-19(24)23-14-27-13-18(23)20(25)22-10-8-21(9-11-22)16-4-6-17(26-3)7-5-16/h4-7,12,18H,8-11,13-14H2,1-3H3. The van der Waals surface area contributed by atoms with Gasteiger partial charge < -0.3 is 19.4 Å². The Kier molecular flexibility index (Phi) is 6.31. The molecule has 0 spiro atoms. The molecule has 0 aliphatic carbocycles. The molecular weight excluding hydrogens is 362 g/mol. The highest BCUT2D eigenvalue weighted by Gasteiger charge is 2.37. The van der Waals surface area contributed by atoms with Gasteiger partial charge in [0.25, 0.3) is 0 Å². The zero-order valence-corrected chi connectivity index (χ0v) is 17.0. The first-order valence-corrected chi connectivity index (χ1v) is 10.4. The first-order chi connectivity index (χ1) is 13.0. The van der Waals surface area contributed by atoms with Gasteiger partial charge in [0.1, 0.15) is 11.8 Å². The summed E-state index contributed by atoms with van der Waals surface area (Å²) in [6.45, 7) is 6.74. The van der Waals surface area contributed by atoms with E-state index in [9.17, 15) is 9.59 Å². The Labute approximate surface area is 165 Å². The molecule has 6 nitrogen and oxygen atoms in total. The average molecular weight is 390 g/mol. The fourth-order valence-corrected chi connectivity index (χ4v) is 4.54. The molecule has 1 aromatic rings. The molecule has 0 saturated carbocycles. The van der Waals surface area contributed by atoms with Crippen molar-refractivity contribution >= 4 is 29.3 Å². The summed E-state index contributed by atoms with van der Waals surface area (Å²) in [6, 6.07) is 7.66. The molecule has 0 N–H and O–H groups in total. The van der Waals surface area contributed by atoms with E-state index >= 15 is 0 Å². The molecule has 2 saturated heterocycles. The monoisotopic (exact) mass is 389 g/mol. The number of piperazine rings is 1. The average Bonchev–Trinajstić information content (AvgIpc) is 3.17. The van der Waals surface area contributed by atoms with Crippen LogP contribution in [0, 0.1) is 0 Å². The second-order valence-corrected chi connectivity index (χ2v) is 8.06. The molecule has 0 bridgehead atoms. The summed E-state index contributed by atoms with van der Waals surface area (Å²) in [5, 5.41) is 0. The van der Waals surface area contributed by atoms with Crippen LogP contribution in [0.25, 0.3) is 0 Å². The number of methoxy groups -OCH3 is 1. The number of rotatable bonds is 4. The highest BCUT2D eigenvalue weighted by atomic mass is 32.2. The van der Waals surface area contributed by atoms with E-state index < -0.39 is 0 Å². The molecular formula is C20H27N3O3S. The van der Waals surface area contributed by atoms with E-state index in [-0.39, 0.29) is 17.9 Å². The summed E-state index contributed by atoms with van der Waals surface area (Å²) in [4.78, 5) is 31.3. The van der Waals surface area contributed by atoms with E-state index in [1.165, 1.54) is 0 Å². The lowest BCUT2D eigenvalue weighted by atomic mass is 10.2. The molecule has 1 aromatic carbocycles. The van der Waals surface area contributed by atoms with Gasteiger partial charge in [0.2, 0.25) is 11.8 Å². The molecule has 146 valence electrons. The SMILES string of the molecule is COc1ccc(N2CCN(C(=O)C3CSCN3C(=O)C=C(C)C)CC2)cc1. The molecule has 7 heteroatoms. The van der Waals surface area contributed by atoms with E-state index in [0.717, 1.165) is 30.1 Å². The van der Waals surface area contributed by atoms with Crippen LogP contribution in [-0.2, 0) is 9.59 Å². The molecule has 2 aliphatic rings. The Morgan fingerprint density at radius 1 is 1.11 bits per heavy atom. The van der Waals surface area contributed by atoms with Crippen molar-refractivity contribution in [1.82, 2.24) is 9.80 Å². The number of carbonyl (C=O) groups excluding carboxylic acids is 2. The van der Waals surface area contributed by atoms with Gasteiger partial charge in [-0.3, -0.25) is 9.59 Å². The zero-order chi connectivity index (χ0) is 19.4. The Balaban J connectivity index is 1.59. The van der Waals surface area contributed by atoms with Crippen molar-refractivity contribution in [3.63, 3.8) is 0 Å². The third-order valence-corrected chi connectivity index (χ3v) is 5.90. The number of carbonyl (C=O) groups is 2. The second kappa shape index (κ2) is 8.69. The van der Waals surface area contributed by atoms with Crippen LogP contribution in [0.1, 0.15) is 13.8 Å². The van der Waals surface area contributed by atoms with Gasteiger partial charge in [-0.2, -0.15) is 0 Å². The summed E-state index contributed by atoms with van der Waals surface area (Å²) in [5.74, 6) is 2.12. The van der Waals surface area contributed by atoms with Gasteiger partial charge in [0.15, 0.2) is 0 Å². The van der Waals surface area contributed by atoms with Gasteiger partial charge in [-0.15, -0.1) is 11.8 Å². The summed E-state index contributed by atoms with van der Waals surface area (Å²) in [5.41, 5.74) is 2.09. The van der Waals surface area contributed by atoms with Crippen LogP contribution in [0.15, 0.2) is 35.9 Å². The van der Waals surface area contributed by atoms with Gasteiger partial charge in [-0.1, -0.05) is 5.57 Å². The molecule has 2 heterocycles. The molecule has 1 atom stereocenters. The molecule has 0 aromatic heterocycles. The minimum Gasteiger partial charge on any atom is -0.497 e. The lowest BCUT2D eigenvalue weighted by molar-refractivity contribution is -0.141. The number of ether oxygens (including phenoxy) is 1. The fraction of sp³-hybridized carbons (Fsp3) is 0.500. The predicted octanol–water partition coefficient (Wildman–Crippen LogP) is 2.21. The number of allylic oxidation sites excluding steroid dienone is 1. The van der Waals surface area contributed by atoms with Crippen LogP contribution in [0.4, 0.5) is 5.69 Å². The third kappa shape index (κ3) is 4.58. The summed E-state index contributed by atoms with van der Waals surface area (Å²) in [6.07, 6.45) is 1.62.